The molecule has 0 fully saturated rings. The van der Waals surface area contributed by atoms with Crippen molar-refractivity contribution in [3.05, 3.63) is 54.6 Å². The Labute approximate surface area is 112 Å². The highest BCUT2D eigenvalue weighted by atomic mass is 16.2. The highest BCUT2D eigenvalue weighted by molar-refractivity contribution is 6.10. The average molecular weight is 256 g/mol. The maximum Gasteiger partial charge on any atom is 0.259 e. The van der Waals surface area contributed by atoms with Gasteiger partial charge in [-0.25, -0.2) is 0 Å². The lowest BCUT2D eigenvalue weighted by atomic mass is 10.1. The van der Waals surface area contributed by atoms with Crippen molar-refractivity contribution < 1.29 is 9.59 Å². The van der Waals surface area contributed by atoms with Crippen molar-refractivity contribution in [1.82, 2.24) is 10.2 Å². The highest BCUT2D eigenvalue weighted by Crippen LogP contribution is 2.32. The molecule has 1 unspecified atom stereocenters. The molecule has 4 heteroatoms. The monoisotopic (exact) mass is 256 g/mol. The standard InChI is InChI=1S/C15H16N2O2/c1-4-9-16-14(18)11(3)17-10(2)12-7-5-6-8-13(12)15(17)19/h4-8,11H,1-2,9H2,3H3,(H,16,18). The van der Waals surface area contributed by atoms with E-state index in [-0.39, 0.29) is 11.8 Å². The molecule has 2 amide bonds. The van der Waals surface area contributed by atoms with Crippen molar-refractivity contribution in [2.24, 2.45) is 0 Å². The molecule has 0 bridgehead atoms. The van der Waals surface area contributed by atoms with Gasteiger partial charge in [0.1, 0.15) is 6.04 Å². The summed E-state index contributed by atoms with van der Waals surface area (Å²) in [6, 6.07) is 6.65. The number of carbonyl (C=O) groups excluding carboxylic acids is 2. The predicted molar refractivity (Wildman–Crippen MR) is 74.3 cm³/mol. The number of rotatable bonds is 4. The SMILES string of the molecule is C=CCNC(=O)C(C)N1C(=C)c2ccccc2C1=O. The van der Waals surface area contributed by atoms with Crippen LogP contribution in [0.1, 0.15) is 22.8 Å². The Hall–Kier alpha value is -2.36. The van der Waals surface area contributed by atoms with Gasteiger partial charge in [0.05, 0.1) is 0 Å². The van der Waals surface area contributed by atoms with Gasteiger partial charge in [-0.1, -0.05) is 30.9 Å². The summed E-state index contributed by atoms with van der Waals surface area (Å²) < 4.78 is 0. The Morgan fingerprint density at radius 1 is 1.42 bits per heavy atom. The molecule has 1 heterocycles. The number of benzene rings is 1. The molecule has 0 saturated heterocycles. The van der Waals surface area contributed by atoms with E-state index in [4.69, 9.17) is 0 Å². The largest absolute Gasteiger partial charge is 0.351 e. The average Bonchev–Trinajstić information content (AvgIpc) is 2.68. The fourth-order valence-corrected chi connectivity index (χ4v) is 2.15. The number of nitrogens with zero attached hydrogens (tertiary/aromatic N) is 1. The van der Waals surface area contributed by atoms with E-state index in [0.717, 1.165) is 5.56 Å². The molecule has 4 nitrogen and oxygen atoms in total. The lowest BCUT2D eigenvalue weighted by Crippen LogP contribution is -2.44. The summed E-state index contributed by atoms with van der Waals surface area (Å²) in [6.45, 7) is 9.52. The Bertz CT molecular complexity index is 528. The van der Waals surface area contributed by atoms with E-state index in [0.29, 0.717) is 17.8 Å². The van der Waals surface area contributed by atoms with Crippen LogP contribution >= 0.6 is 0 Å². The van der Waals surface area contributed by atoms with Crippen LogP contribution in [0.2, 0.25) is 0 Å². The maximum absolute atomic E-state index is 12.3. The smallest absolute Gasteiger partial charge is 0.259 e. The molecule has 0 aliphatic carbocycles. The summed E-state index contributed by atoms with van der Waals surface area (Å²) in [6.07, 6.45) is 1.60. The van der Waals surface area contributed by atoms with Gasteiger partial charge < -0.3 is 5.32 Å². The van der Waals surface area contributed by atoms with E-state index < -0.39 is 6.04 Å². The molecule has 98 valence electrons. The van der Waals surface area contributed by atoms with Crippen LogP contribution in [-0.4, -0.2) is 29.3 Å². The molecule has 19 heavy (non-hydrogen) atoms. The zero-order valence-corrected chi connectivity index (χ0v) is 10.8. The van der Waals surface area contributed by atoms with Gasteiger partial charge in [0.15, 0.2) is 0 Å². The minimum Gasteiger partial charge on any atom is -0.351 e. The molecule has 1 atom stereocenters. The van der Waals surface area contributed by atoms with Crippen molar-refractivity contribution >= 4 is 17.5 Å². The van der Waals surface area contributed by atoms with Gasteiger partial charge in [0.25, 0.3) is 5.91 Å². The molecule has 1 N–H and O–H groups in total. The summed E-state index contributed by atoms with van der Waals surface area (Å²) in [4.78, 5) is 25.7. The molecule has 0 spiro atoms. The Morgan fingerprint density at radius 2 is 2.05 bits per heavy atom. The van der Waals surface area contributed by atoms with Crippen LogP contribution in [0, 0.1) is 0 Å². The molecule has 1 aromatic rings. The quantitative estimate of drug-likeness (QED) is 0.835. The molecular formula is C15H16N2O2. The first-order valence-electron chi connectivity index (χ1n) is 6.08. The number of amides is 2. The Kier molecular flexibility index (Phi) is 3.51. The third-order valence-corrected chi connectivity index (χ3v) is 3.17. The van der Waals surface area contributed by atoms with E-state index in [1.54, 1.807) is 25.1 Å². The van der Waals surface area contributed by atoms with Gasteiger partial charge in [0, 0.05) is 23.4 Å². The lowest BCUT2D eigenvalue weighted by Gasteiger charge is -2.24. The van der Waals surface area contributed by atoms with Crippen LogP contribution in [0.5, 0.6) is 0 Å². The molecule has 1 aliphatic rings. The molecule has 0 radical (unpaired) electrons. The second-order valence-electron chi connectivity index (χ2n) is 4.38. The van der Waals surface area contributed by atoms with E-state index >= 15 is 0 Å². The molecule has 1 aromatic carbocycles. The van der Waals surface area contributed by atoms with Crippen LogP contribution in [0.4, 0.5) is 0 Å². The Balaban J connectivity index is 2.24. The number of carbonyl (C=O) groups is 2. The summed E-state index contributed by atoms with van der Waals surface area (Å²) in [7, 11) is 0. The summed E-state index contributed by atoms with van der Waals surface area (Å²) in [5.41, 5.74) is 1.95. The van der Waals surface area contributed by atoms with E-state index in [2.05, 4.69) is 18.5 Å². The molecule has 0 saturated carbocycles. The molecule has 1 aliphatic heterocycles. The number of hydrogen-bond acceptors (Lipinski definition) is 2. The topological polar surface area (TPSA) is 49.4 Å². The normalized spacial score (nSPS) is 15.1. The van der Waals surface area contributed by atoms with Crippen molar-refractivity contribution in [2.45, 2.75) is 13.0 Å². The van der Waals surface area contributed by atoms with E-state index in [9.17, 15) is 9.59 Å². The zero-order valence-electron chi connectivity index (χ0n) is 10.8. The second-order valence-corrected chi connectivity index (χ2v) is 4.38. The van der Waals surface area contributed by atoms with Crippen molar-refractivity contribution in [1.29, 1.82) is 0 Å². The number of fused-ring (bicyclic) bond motifs is 1. The zero-order chi connectivity index (χ0) is 14.0. The van der Waals surface area contributed by atoms with Crippen molar-refractivity contribution in [2.75, 3.05) is 6.54 Å². The maximum atomic E-state index is 12.3. The molecule has 0 aromatic heterocycles. The fourth-order valence-electron chi connectivity index (χ4n) is 2.15. The minimum absolute atomic E-state index is 0.179. The number of nitrogens with one attached hydrogen (secondary N) is 1. The van der Waals surface area contributed by atoms with Gasteiger partial charge >= 0.3 is 0 Å². The summed E-state index contributed by atoms with van der Waals surface area (Å²) >= 11 is 0. The van der Waals surface area contributed by atoms with Gasteiger partial charge in [-0.2, -0.15) is 0 Å². The summed E-state index contributed by atoms with van der Waals surface area (Å²) in [5, 5.41) is 2.68. The van der Waals surface area contributed by atoms with Crippen LogP contribution in [0.15, 0.2) is 43.5 Å². The molecule has 2 rings (SSSR count). The number of hydrogen-bond donors (Lipinski definition) is 1. The minimum atomic E-state index is -0.590. The van der Waals surface area contributed by atoms with Crippen LogP contribution < -0.4 is 5.32 Å². The van der Waals surface area contributed by atoms with Crippen LogP contribution in [0.25, 0.3) is 5.70 Å². The Morgan fingerprint density at radius 3 is 2.63 bits per heavy atom. The highest BCUT2D eigenvalue weighted by Gasteiger charge is 2.36. The first kappa shape index (κ1) is 13.1. The van der Waals surface area contributed by atoms with Crippen LogP contribution in [0.3, 0.4) is 0 Å². The van der Waals surface area contributed by atoms with Gasteiger partial charge in [-0.15, -0.1) is 6.58 Å². The van der Waals surface area contributed by atoms with Crippen molar-refractivity contribution in [3.8, 4) is 0 Å². The first-order valence-corrected chi connectivity index (χ1v) is 6.08. The van der Waals surface area contributed by atoms with Crippen molar-refractivity contribution in [3.63, 3.8) is 0 Å². The third-order valence-electron chi connectivity index (χ3n) is 3.17. The first-order chi connectivity index (χ1) is 9.07. The fraction of sp³-hybridized carbons (Fsp3) is 0.200. The summed E-state index contributed by atoms with van der Waals surface area (Å²) in [5.74, 6) is -0.399. The third kappa shape index (κ3) is 2.17. The van der Waals surface area contributed by atoms with Gasteiger partial charge in [-0.3, -0.25) is 14.5 Å². The van der Waals surface area contributed by atoms with Gasteiger partial charge in [-0.05, 0) is 13.0 Å². The van der Waals surface area contributed by atoms with Gasteiger partial charge in [0.2, 0.25) is 5.91 Å². The second kappa shape index (κ2) is 5.10. The predicted octanol–water partition coefficient (Wildman–Crippen LogP) is 1.80. The van der Waals surface area contributed by atoms with E-state index in [1.165, 1.54) is 4.90 Å². The van der Waals surface area contributed by atoms with E-state index in [1.807, 2.05) is 12.1 Å². The molecular weight excluding hydrogens is 240 g/mol. The van der Waals surface area contributed by atoms with Crippen LogP contribution in [-0.2, 0) is 4.79 Å². The lowest BCUT2D eigenvalue weighted by molar-refractivity contribution is -0.124.